The fourth-order valence-electron chi connectivity index (χ4n) is 10.2. The SMILES string of the molecule is CC1=C(N(c2ccccc2)c2cccc(-c3ccc4c(c3)C3(c5ccccc5Sc5cc(Nc6ccccc6)ccc53)c3ccccc3-4)c2)CC2Oc3ccccc3C2=C1. The topological polar surface area (TPSA) is 24.5 Å². The molecule has 12 rings (SSSR count). The van der Waals surface area contributed by atoms with Crippen molar-refractivity contribution in [2.24, 2.45) is 0 Å². The van der Waals surface area contributed by atoms with Gasteiger partial charge in [-0.05, 0) is 130 Å². The maximum absolute atomic E-state index is 6.58. The first-order chi connectivity index (χ1) is 29.6. The lowest BCUT2D eigenvalue weighted by Crippen LogP contribution is -2.32. The van der Waals surface area contributed by atoms with Crippen molar-refractivity contribution in [3.05, 3.63) is 239 Å². The number of allylic oxidation sites excluding steroid dienone is 2. The van der Waals surface area contributed by atoms with E-state index in [9.17, 15) is 0 Å². The van der Waals surface area contributed by atoms with Crippen molar-refractivity contribution in [1.82, 2.24) is 0 Å². The van der Waals surface area contributed by atoms with Crippen molar-refractivity contribution in [3.8, 4) is 28.0 Å². The molecule has 0 saturated carbocycles. The lowest BCUT2D eigenvalue weighted by atomic mass is 9.67. The molecule has 2 aliphatic carbocycles. The number of anilines is 4. The molecule has 286 valence electrons. The predicted molar refractivity (Wildman–Crippen MR) is 248 cm³/mol. The largest absolute Gasteiger partial charge is 0.485 e. The van der Waals surface area contributed by atoms with E-state index in [1.807, 2.05) is 11.8 Å². The van der Waals surface area contributed by atoms with E-state index < -0.39 is 5.41 Å². The zero-order valence-electron chi connectivity index (χ0n) is 33.1. The van der Waals surface area contributed by atoms with Crippen LogP contribution in [0.4, 0.5) is 22.7 Å². The third kappa shape index (κ3) is 5.37. The first-order valence-electron chi connectivity index (χ1n) is 20.7. The van der Waals surface area contributed by atoms with Gasteiger partial charge in [0, 0.05) is 55.8 Å². The molecule has 1 spiro atoms. The fraction of sp³-hybridized carbons (Fsp3) is 0.0714. The van der Waals surface area contributed by atoms with Crippen molar-refractivity contribution in [2.45, 2.75) is 34.7 Å². The molecule has 0 fully saturated rings. The molecule has 2 atom stereocenters. The Bertz CT molecular complexity index is 3080. The number of nitrogens with zero attached hydrogens (tertiary/aromatic N) is 1. The summed E-state index contributed by atoms with van der Waals surface area (Å²) in [6.45, 7) is 2.25. The number of para-hydroxylation sites is 3. The van der Waals surface area contributed by atoms with Gasteiger partial charge in [0.1, 0.15) is 11.9 Å². The number of hydrogen-bond acceptors (Lipinski definition) is 4. The van der Waals surface area contributed by atoms with Gasteiger partial charge in [-0.1, -0.05) is 139 Å². The van der Waals surface area contributed by atoms with Gasteiger partial charge in [0.05, 0.1) is 5.41 Å². The number of ether oxygens (including phenoxy) is 1. The number of rotatable bonds is 6. The molecule has 0 radical (unpaired) electrons. The van der Waals surface area contributed by atoms with Gasteiger partial charge in [-0.25, -0.2) is 0 Å². The third-order valence-electron chi connectivity index (χ3n) is 12.7. The predicted octanol–water partition coefficient (Wildman–Crippen LogP) is 14.6. The van der Waals surface area contributed by atoms with Gasteiger partial charge < -0.3 is 15.0 Å². The monoisotopic (exact) mass is 788 g/mol. The van der Waals surface area contributed by atoms with E-state index in [0.29, 0.717) is 0 Å². The molecular weight excluding hydrogens is 749 g/mol. The van der Waals surface area contributed by atoms with E-state index in [1.165, 1.54) is 76.7 Å². The normalized spacial score (nSPS) is 17.7. The molecule has 2 aliphatic heterocycles. The van der Waals surface area contributed by atoms with Crippen LogP contribution in [0.1, 0.15) is 41.2 Å². The summed E-state index contributed by atoms with van der Waals surface area (Å²) in [6.07, 6.45) is 3.10. The molecule has 8 aromatic rings. The lowest BCUT2D eigenvalue weighted by Gasteiger charge is -2.40. The van der Waals surface area contributed by atoms with Crippen molar-refractivity contribution in [3.63, 3.8) is 0 Å². The molecule has 60 heavy (non-hydrogen) atoms. The fourth-order valence-corrected chi connectivity index (χ4v) is 11.4. The van der Waals surface area contributed by atoms with Gasteiger partial charge in [-0.2, -0.15) is 0 Å². The highest BCUT2D eigenvalue weighted by atomic mass is 32.2. The van der Waals surface area contributed by atoms with Crippen LogP contribution < -0.4 is 15.0 Å². The zero-order valence-corrected chi connectivity index (χ0v) is 33.9. The van der Waals surface area contributed by atoms with E-state index in [0.717, 1.165) is 34.9 Å². The maximum Gasteiger partial charge on any atom is 0.130 e. The van der Waals surface area contributed by atoms with E-state index in [4.69, 9.17) is 4.74 Å². The van der Waals surface area contributed by atoms with Crippen LogP contribution in [0.25, 0.3) is 27.8 Å². The first kappa shape index (κ1) is 35.0. The summed E-state index contributed by atoms with van der Waals surface area (Å²) in [7, 11) is 0. The second-order valence-corrected chi connectivity index (χ2v) is 17.2. The van der Waals surface area contributed by atoms with Crippen molar-refractivity contribution in [1.29, 1.82) is 0 Å². The van der Waals surface area contributed by atoms with Crippen molar-refractivity contribution in [2.75, 3.05) is 10.2 Å². The molecule has 0 bridgehead atoms. The summed E-state index contributed by atoms with van der Waals surface area (Å²) in [4.78, 5) is 5.00. The van der Waals surface area contributed by atoms with Gasteiger partial charge in [-0.15, -0.1) is 0 Å². The lowest BCUT2D eigenvalue weighted by molar-refractivity contribution is 0.274. The molecule has 2 heterocycles. The Morgan fingerprint density at radius 2 is 1.22 bits per heavy atom. The molecule has 3 nitrogen and oxygen atoms in total. The van der Waals surface area contributed by atoms with E-state index in [1.54, 1.807) is 0 Å². The Morgan fingerprint density at radius 1 is 0.533 bits per heavy atom. The quantitative estimate of drug-likeness (QED) is 0.181. The Hall–Kier alpha value is -7.01. The zero-order chi connectivity index (χ0) is 39.8. The highest BCUT2D eigenvalue weighted by Crippen LogP contribution is 2.63. The number of hydrogen-bond donors (Lipinski definition) is 1. The Labute approximate surface area is 355 Å². The molecule has 0 saturated heterocycles. The molecule has 0 amide bonds. The molecule has 4 heteroatoms. The van der Waals surface area contributed by atoms with Gasteiger partial charge in [0.25, 0.3) is 0 Å². The smallest absolute Gasteiger partial charge is 0.130 e. The number of fused-ring (bicyclic) bond motifs is 12. The van der Waals surface area contributed by atoms with Gasteiger partial charge >= 0.3 is 0 Å². The minimum Gasteiger partial charge on any atom is -0.485 e. The van der Waals surface area contributed by atoms with Crippen LogP contribution in [0, 0.1) is 0 Å². The van der Waals surface area contributed by atoms with E-state index in [-0.39, 0.29) is 6.10 Å². The maximum atomic E-state index is 6.58. The van der Waals surface area contributed by atoms with Crippen LogP contribution >= 0.6 is 11.8 Å². The van der Waals surface area contributed by atoms with Crippen LogP contribution in [-0.2, 0) is 5.41 Å². The Kier molecular flexibility index (Phi) is 8.04. The second kappa shape index (κ2) is 13.8. The average molecular weight is 789 g/mol. The van der Waals surface area contributed by atoms with E-state index in [2.05, 4.69) is 217 Å². The van der Waals surface area contributed by atoms with Crippen LogP contribution in [0.15, 0.2) is 221 Å². The minimum absolute atomic E-state index is 0.0189. The van der Waals surface area contributed by atoms with Crippen molar-refractivity contribution < 1.29 is 4.74 Å². The number of benzene rings is 8. The summed E-state index contributed by atoms with van der Waals surface area (Å²) in [6, 6.07) is 71.0. The summed E-state index contributed by atoms with van der Waals surface area (Å²) in [5.41, 5.74) is 19.2. The van der Waals surface area contributed by atoms with Crippen LogP contribution in [0.3, 0.4) is 0 Å². The highest BCUT2D eigenvalue weighted by molar-refractivity contribution is 7.99. The molecule has 0 aromatic heterocycles. The van der Waals surface area contributed by atoms with E-state index >= 15 is 0 Å². The molecule has 1 N–H and O–H groups in total. The van der Waals surface area contributed by atoms with Crippen molar-refractivity contribution >= 4 is 40.1 Å². The van der Waals surface area contributed by atoms with Crippen LogP contribution in [-0.4, -0.2) is 6.10 Å². The molecule has 2 unspecified atom stereocenters. The summed E-state index contributed by atoms with van der Waals surface area (Å²) in [5, 5.41) is 3.66. The third-order valence-corrected chi connectivity index (χ3v) is 13.9. The highest BCUT2D eigenvalue weighted by Gasteiger charge is 2.50. The Balaban J connectivity index is 1.01. The van der Waals surface area contributed by atoms with Gasteiger partial charge in [0.15, 0.2) is 0 Å². The summed E-state index contributed by atoms with van der Waals surface area (Å²) >= 11 is 1.87. The second-order valence-electron chi connectivity index (χ2n) is 16.1. The summed E-state index contributed by atoms with van der Waals surface area (Å²) in [5.74, 6) is 0.971. The van der Waals surface area contributed by atoms with Gasteiger partial charge in [-0.3, -0.25) is 0 Å². The molecular formula is C56H40N2OS. The van der Waals surface area contributed by atoms with Crippen LogP contribution in [0.2, 0.25) is 0 Å². The van der Waals surface area contributed by atoms with Crippen LogP contribution in [0.5, 0.6) is 5.75 Å². The average Bonchev–Trinajstić information content (AvgIpc) is 3.80. The molecule has 4 aliphatic rings. The Morgan fingerprint density at radius 3 is 2.08 bits per heavy atom. The summed E-state index contributed by atoms with van der Waals surface area (Å²) < 4.78 is 6.58. The number of nitrogens with one attached hydrogen (secondary N) is 1. The molecule has 8 aromatic carbocycles. The first-order valence-corrected chi connectivity index (χ1v) is 21.6. The van der Waals surface area contributed by atoms with Gasteiger partial charge in [0.2, 0.25) is 0 Å². The standard InChI is InChI=1S/C56H40N2OS/c1-36-31-46-45-22-9-12-25-52(45)59-53(46)35-51(36)58(41-18-6-3-7-19-41)42-20-14-15-37(32-42)38-27-29-44-43-21-8-10-23-47(43)56(50(44)33-38)48-24-11-13-26-54(48)60-55-34-40(28-30-49(55)56)57-39-16-4-2-5-17-39/h2-34,53,57H,35H2,1H3. The minimum atomic E-state index is -0.481.